The largest absolute Gasteiger partial charge is 0.383 e. The average Bonchev–Trinajstić information content (AvgIpc) is 2.28. The molecule has 1 atom stereocenters. The third kappa shape index (κ3) is 9.53. The molecule has 0 aliphatic rings. The predicted molar refractivity (Wildman–Crippen MR) is 72.5 cm³/mol. The summed E-state index contributed by atoms with van der Waals surface area (Å²) in [6.45, 7) is 12.3. The van der Waals surface area contributed by atoms with Gasteiger partial charge >= 0.3 is 0 Å². The van der Waals surface area contributed by atoms with Crippen molar-refractivity contribution in [2.24, 2.45) is 5.92 Å². The third-order valence-electron chi connectivity index (χ3n) is 2.78. The van der Waals surface area contributed by atoms with Crippen molar-refractivity contribution in [1.29, 1.82) is 0 Å². The van der Waals surface area contributed by atoms with Gasteiger partial charge in [0.25, 0.3) is 0 Å². The van der Waals surface area contributed by atoms with Gasteiger partial charge in [0.05, 0.1) is 13.2 Å². The maximum atomic E-state index is 5.14. The molecule has 0 saturated heterocycles. The van der Waals surface area contributed by atoms with Crippen LogP contribution in [0, 0.1) is 5.92 Å². The van der Waals surface area contributed by atoms with Crippen molar-refractivity contribution in [1.82, 2.24) is 10.2 Å². The van der Waals surface area contributed by atoms with Crippen LogP contribution >= 0.6 is 0 Å². The number of ether oxygens (including phenoxy) is 2. The van der Waals surface area contributed by atoms with Gasteiger partial charge in [0.15, 0.2) is 0 Å². The number of nitrogens with one attached hydrogen (secondary N) is 1. The van der Waals surface area contributed by atoms with E-state index in [2.05, 4.69) is 31.0 Å². The van der Waals surface area contributed by atoms with Gasteiger partial charge in [-0.25, -0.2) is 0 Å². The Balaban J connectivity index is 3.88. The minimum Gasteiger partial charge on any atom is -0.383 e. The molecule has 0 fully saturated rings. The molecule has 0 amide bonds. The molecule has 0 bridgehead atoms. The molecule has 0 aromatic rings. The molecule has 0 heterocycles. The minimum atomic E-state index is 0.513. The van der Waals surface area contributed by atoms with Crippen molar-refractivity contribution in [2.75, 3.05) is 53.6 Å². The summed E-state index contributed by atoms with van der Waals surface area (Å²) in [5, 5.41) is 3.49. The Kier molecular flexibility index (Phi) is 10.9. The van der Waals surface area contributed by atoms with E-state index in [1.165, 1.54) is 0 Å². The Hall–Kier alpha value is -0.160. The first-order valence-corrected chi connectivity index (χ1v) is 6.54. The molecule has 4 nitrogen and oxygen atoms in total. The lowest BCUT2D eigenvalue weighted by Crippen LogP contribution is -2.44. The van der Waals surface area contributed by atoms with Crippen LogP contribution in [-0.4, -0.2) is 64.6 Å². The molecular formula is C13H30N2O2. The van der Waals surface area contributed by atoms with E-state index in [0.29, 0.717) is 12.0 Å². The fourth-order valence-electron chi connectivity index (χ4n) is 1.68. The van der Waals surface area contributed by atoms with E-state index >= 15 is 0 Å². The zero-order chi connectivity index (χ0) is 13.1. The van der Waals surface area contributed by atoms with E-state index in [-0.39, 0.29) is 0 Å². The summed E-state index contributed by atoms with van der Waals surface area (Å²) in [7, 11) is 3.49. The molecule has 0 radical (unpaired) electrons. The predicted octanol–water partition coefficient (Wildman–Crippen LogP) is 1.22. The molecule has 0 aromatic heterocycles. The molecule has 0 saturated carbocycles. The maximum Gasteiger partial charge on any atom is 0.0589 e. The zero-order valence-electron chi connectivity index (χ0n) is 12.2. The van der Waals surface area contributed by atoms with Crippen LogP contribution in [-0.2, 0) is 9.47 Å². The summed E-state index contributed by atoms with van der Waals surface area (Å²) >= 11 is 0. The van der Waals surface area contributed by atoms with E-state index in [1.54, 1.807) is 14.2 Å². The van der Waals surface area contributed by atoms with E-state index in [9.17, 15) is 0 Å². The van der Waals surface area contributed by atoms with Crippen molar-refractivity contribution in [3.05, 3.63) is 0 Å². The van der Waals surface area contributed by atoms with Crippen LogP contribution in [0.25, 0.3) is 0 Å². The Morgan fingerprint density at radius 2 is 1.47 bits per heavy atom. The molecule has 104 valence electrons. The highest BCUT2D eigenvalue weighted by Crippen LogP contribution is 1.99. The fraction of sp³-hybridized carbons (Fsp3) is 1.00. The molecule has 0 aromatic carbocycles. The third-order valence-corrected chi connectivity index (χ3v) is 2.78. The van der Waals surface area contributed by atoms with E-state index in [0.717, 1.165) is 39.4 Å². The Bertz CT molecular complexity index is 157. The second-order valence-corrected chi connectivity index (χ2v) is 4.92. The first-order valence-electron chi connectivity index (χ1n) is 6.54. The summed E-state index contributed by atoms with van der Waals surface area (Å²) in [4.78, 5) is 2.40. The molecule has 0 spiro atoms. The van der Waals surface area contributed by atoms with Crippen LogP contribution in [0.1, 0.15) is 20.8 Å². The van der Waals surface area contributed by atoms with Crippen LogP contribution in [0.15, 0.2) is 0 Å². The van der Waals surface area contributed by atoms with Crippen LogP contribution in [0.5, 0.6) is 0 Å². The van der Waals surface area contributed by atoms with Gasteiger partial charge in [-0.2, -0.15) is 0 Å². The van der Waals surface area contributed by atoms with Gasteiger partial charge in [0.2, 0.25) is 0 Å². The maximum absolute atomic E-state index is 5.14. The van der Waals surface area contributed by atoms with Gasteiger partial charge in [-0.1, -0.05) is 13.8 Å². The Morgan fingerprint density at radius 1 is 0.941 bits per heavy atom. The summed E-state index contributed by atoms with van der Waals surface area (Å²) in [6.07, 6.45) is 0. The van der Waals surface area contributed by atoms with Gasteiger partial charge in [0, 0.05) is 39.9 Å². The van der Waals surface area contributed by atoms with Gasteiger partial charge < -0.3 is 14.8 Å². The van der Waals surface area contributed by atoms with Gasteiger partial charge in [-0.05, 0) is 19.4 Å². The molecule has 0 aliphatic carbocycles. The molecular weight excluding hydrogens is 216 g/mol. The van der Waals surface area contributed by atoms with Crippen molar-refractivity contribution in [3.8, 4) is 0 Å². The molecule has 1 unspecified atom stereocenters. The van der Waals surface area contributed by atoms with E-state index in [4.69, 9.17) is 9.47 Å². The number of hydrogen-bond donors (Lipinski definition) is 1. The minimum absolute atomic E-state index is 0.513. The standard InChI is InChI=1S/C13H30N2O2/c1-12(2)10-14-11-13(3)15(6-8-16-4)7-9-17-5/h12-14H,6-11H2,1-5H3. The lowest BCUT2D eigenvalue weighted by molar-refractivity contribution is 0.0914. The van der Waals surface area contributed by atoms with Gasteiger partial charge in [-0.3, -0.25) is 4.90 Å². The van der Waals surface area contributed by atoms with Gasteiger partial charge in [-0.15, -0.1) is 0 Å². The fourth-order valence-corrected chi connectivity index (χ4v) is 1.68. The smallest absolute Gasteiger partial charge is 0.0589 e. The molecule has 17 heavy (non-hydrogen) atoms. The average molecular weight is 246 g/mol. The Labute approximate surface area is 107 Å². The monoisotopic (exact) mass is 246 g/mol. The van der Waals surface area contributed by atoms with Crippen LogP contribution in [0.2, 0.25) is 0 Å². The first kappa shape index (κ1) is 16.8. The van der Waals surface area contributed by atoms with E-state index < -0.39 is 0 Å². The van der Waals surface area contributed by atoms with Gasteiger partial charge in [0.1, 0.15) is 0 Å². The number of methoxy groups -OCH3 is 2. The molecule has 4 heteroatoms. The number of hydrogen-bond acceptors (Lipinski definition) is 4. The summed E-state index contributed by atoms with van der Waals surface area (Å²) < 4.78 is 10.3. The Morgan fingerprint density at radius 3 is 1.88 bits per heavy atom. The topological polar surface area (TPSA) is 33.7 Å². The quantitative estimate of drug-likeness (QED) is 0.594. The second kappa shape index (κ2) is 11.0. The molecule has 1 N–H and O–H groups in total. The summed E-state index contributed by atoms with van der Waals surface area (Å²) in [5.74, 6) is 0.702. The SMILES string of the molecule is COCCN(CCOC)C(C)CNCC(C)C. The van der Waals surface area contributed by atoms with Crippen molar-refractivity contribution in [3.63, 3.8) is 0 Å². The summed E-state index contributed by atoms with van der Waals surface area (Å²) in [5.41, 5.74) is 0. The van der Waals surface area contributed by atoms with Crippen molar-refractivity contribution in [2.45, 2.75) is 26.8 Å². The van der Waals surface area contributed by atoms with Crippen LogP contribution < -0.4 is 5.32 Å². The highest BCUT2D eigenvalue weighted by Gasteiger charge is 2.12. The van der Waals surface area contributed by atoms with Crippen molar-refractivity contribution >= 4 is 0 Å². The van der Waals surface area contributed by atoms with Crippen molar-refractivity contribution < 1.29 is 9.47 Å². The zero-order valence-corrected chi connectivity index (χ0v) is 12.2. The lowest BCUT2D eigenvalue weighted by atomic mass is 10.2. The number of rotatable bonds is 11. The highest BCUT2D eigenvalue weighted by atomic mass is 16.5. The normalized spacial score (nSPS) is 13.6. The first-order chi connectivity index (χ1) is 8.11. The molecule has 0 rings (SSSR count). The van der Waals surface area contributed by atoms with Crippen LogP contribution in [0.3, 0.4) is 0 Å². The van der Waals surface area contributed by atoms with Crippen LogP contribution in [0.4, 0.5) is 0 Å². The summed E-state index contributed by atoms with van der Waals surface area (Å²) in [6, 6.07) is 0.513. The number of nitrogens with zero attached hydrogens (tertiary/aromatic N) is 1. The lowest BCUT2D eigenvalue weighted by Gasteiger charge is -2.29. The van der Waals surface area contributed by atoms with E-state index in [1.807, 2.05) is 0 Å². The second-order valence-electron chi connectivity index (χ2n) is 4.92. The highest BCUT2D eigenvalue weighted by molar-refractivity contribution is 4.70. The molecule has 0 aliphatic heterocycles.